The molecular weight excluding hydrogens is 333 g/mol. The van der Waals surface area contributed by atoms with Crippen molar-refractivity contribution in [1.82, 2.24) is 5.32 Å². The van der Waals surface area contributed by atoms with Crippen LogP contribution in [0.15, 0.2) is 46.9 Å². The van der Waals surface area contributed by atoms with Crippen LogP contribution in [0.2, 0.25) is 0 Å². The molecule has 0 bridgehead atoms. The summed E-state index contributed by atoms with van der Waals surface area (Å²) >= 11 is 3.52. The zero-order valence-corrected chi connectivity index (χ0v) is 13.8. The predicted molar refractivity (Wildman–Crippen MR) is 86.8 cm³/mol. The average molecular weight is 352 g/mol. The number of rotatable bonds is 6. The highest BCUT2D eigenvalue weighted by Crippen LogP contribution is 2.30. The van der Waals surface area contributed by atoms with Gasteiger partial charge in [0.1, 0.15) is 18.2 Å². The van der Waals surface area contributed by atoms with Gasteiger partial charge in [0.25, 0.3) is 0 Å². The Morgan fingerprint density at radius 2 is 1.95 bits per heavy atom. The quantitative estimate of drug-likeness (QED) is 0.816. The summed E-state index contributed by atoms with van der Waals surface area (Å²) in [6, 6.07) is 12.8. The Labute approximate surface area is 133 Å². The third kappa shape index (κ3) is 4.83. The topological polar surface area (TPSA) is 21.3 Å². The van der Waals surface area contributed by atoms with Gasteiger partial charge in [-0.1, -0.05) is 38.1 Å². The van der Waals surface area contributed by atoms with Crippen molar-refractivity contribution >= 4 is 15.9 Å². The number of para-hydroxylation sites is 1. The number of ether oxygens (including phenoxy) is 1. The predicted octanol–water partition coefficient (Wildman–Crippen LogP) is 4.67. The summed E-state index contributed by atoms with van der Waals surface area (Å²) < 4.78 is 20.0. The smallest absolute Gasteiger partial charge is 0.138 e. The van der Waals surface area contributed by atoms with Crippen LogP contribution in [0.5, 0.6) is 5.75 Å². The van der Waals surface area contributed by atoms with Gasteiger partial charge in [0.15, 0.2) is 0 Å². The molecule has 0 atom stereocenters. The molecule has 0 heterocycles. The highest BCUT2D eigenvalue weighted by molar-refractivity contribution is 9.10. The van der Waals surface area contributed by atoms with Gasteiger partial charge in [0.05, 0.1) is 4.47 Å². The highest BCUT2D eigenvalue weighted by atomic mass is 79.9. The summed E-state index contributed by atoms with van der Waals surface area (Å²) in [6.07, 6.45) is 0. The van der Waals surface area contributed by atoms with Crippen LogP contribution in [-0.4, -0.2) is 6.04 Å². The van der Waals surface area contributed by atoms with Gasteiger partial charge in [0, 0.05) is 18.2 Å². The molecule has 0 saturated heterocycles. The first kappa shape index (κ1) is 16.0. The van der Waals surface area contributed by atoms with Gasteiger partial charge >= 0.3 is 0 Å². The Balaban J connectivity index is 2.11. The molecule has 2 aromatic rings. The number of halogens is 2. The van der Waals surface area contributed by atoms with Crippen molar-refractivity contribution in [1.29, 1.82) is 0 Å². The van der Waals surface area contributed by atoms with Crippen molar-refractivity contribution in [3.63, 3.8) is 0 Å². The zero-order valence-electron chi connectivity index (χ0n) is 12.2. The minimum absolute atomic E-state index is 0.245. The summed E-state index contributed by atoms with van der Waals surface area (Å²) in [4.78, 5) is 0. The lowest BCUT2D eigenvalue weighted by Crippen LogP contribution is -2.22. The van der Waals surface area contributed by atoms with Crippen LogP contribution in [0.1, 0.15) is 25.0 Å². The van der Waals surface area contributed by atoms with E-state index in [0.717, 1.165) is 27.9 Å². The molecule has 0 aliphatic carbocycles. The van der Waals surface area contributed by atoms with Crippen molar-refractivity contribution in [2.45, 2.75) is 33.0 Å². The van der Waals surface area contributed by atoms with E-state index in [1.807, 2.05) is 24.3 Å². The van der Waals surface area contributed by atoms with Gasteiger partial charge in [-0.05, 0) is 39.7 Å². The molecular formula is C17H19BrFNO. The number of hydrogen-bond donors (Lipinski definition) is 1. The van der Waals surface area contributed by atoms with Crippen molar-refractivity contribution in [2.24, 2.45) is 0 Å². The molecule has 21 heavy (non-hydrogen) atoms. The minimum Gasteiger partial charge on any atom is -0.487 e. The largest absolute Gasteiger partial charge is 0.487 e. The van der Waals surface area contributed by atoms with E-state index in [4.69, 9.17) is 4.74 Å². The second-order valence-corrected chi connectivity index (χ2v) is 6.04. The molecule has 0 aliphatic heterocycles. The number of nitrogens with one attached hydrogen (secondary N) is 1. The molecule has 0 saturated carbocycles. The molecule has 1 N–H and O–H groups in total. The Bertz CT molecular complexity index is 601. The molecule has 0 unspecified atom stereocenters. The fourth-order valence-corrected chi connectivity index (χ4v) is 2.47. The van der Waals surface area contributed by atoms with E-state index < -0.39 is 0 Å². The van der Waals surface area contributed by atoms with Gasteiger partial charge < -0.3 is 10.1 Å². The van der Waals surface area contributed by atoms with Gasteiger partial charge in [-0.2, -0.15) is 0 Å². The van der Waals surface area contributed by atoms with Crippen molar-refractivity contribution in [3.05, 3.63) is 63.9 Å². The molecule has 2 nitrogen and oxygen atoms in total. The standard InChI is InChI=1S/C17H19BrFNO/c1-12(2)20-10-14-6-4-8-16(18)17(14)21-11-13-5-3-7-15(19)9-13/h3-9,12,20H,10-11H2,1-2H3. The van der Waals surface area contributed by atoms with Crippen molar-refractivity contribution in [3.8, 4) is 5.75 Å². The summed E-state index contributed by atoms with van der Waals surface area (Å²) in [6.45, 7) is 5.28. The second-order valence-electron chi connectivity index (χ2n) is 5.18. The third-order valence-electron chi connectivity index (χ3n) is 3.02. The third-order valence-corrected chi connectivity index (χ3v) is 3.65. The maximum atomic E-state index is 13.2. The Morgan fingerprint density at radius 3 is 2.67 bits per heavy atom. The monoisotopic (exact) mass is 351 g/mol. The molecule has 0 aromatic heterocycles. The van der Waals surface area contributed by atoms with Crippen molar-refractivity contribution < 1.29 is 9.13 Å². The second kappa shape index (κ2) is 7.57. The van der Waals surface area contributed by atoms with E-state index in [2.05, 4.69) is 35.1 Å². The fraction of sp³-hybridized carbons (Fsp3) is 0.294. The molecule has 0 fully saturated rings. The zero-order chi connectivity index (χ0) is 15.2. The summed E-state index contributed by atoms with van der Waals surface area (Å²) in [5, 5.41) is 3.38. The Kier molecular flexibility index (Phi) is 5.76. The first-order valence-electron chi connectivity index (χ1n) is 6.94. The van der Waals surface area contributed by atoms with Gasteiger partial charge in [-0.25, -0.2) is 4.39 Å². The lowest BCUT2D eigenvalue weighted by Gasteiger charge is -2.15. The lowest BCUT2D eigenvalue weighted by atomic mass is 10.2. The first-order valence-corrected chi connectivity index (χ1v) is 7.73. The average Bonchev–Trinajstić information content (AvgIpc) is 2.44. The molecule has 112 valence electrons. The molecule has 2 rings (SSSR count). The first-order chi connectivity index (χ1) is 10.1. The van der Waals surface area contributed by atoms with Crippen LogP contribution in [0.25, 0.3) is 0 Å². The van der Waals surface area contributed by atoms with Gasteiger partial charge in [0.2, 0.25) is 0 Å². The molecule has 0 amide bonds. The number of hydrogen-bond acceptors (Lipinski definition) is 2. The van der Waals surface area contributed by atoms with E-state index in [-0.39, 0.29) is 5.82 Å². The normalized spacial score (nSPS) is 10.9. The Hall–Kier alpha value is -1.39. The SMILES string of the molecule is CC(C)NCc1cccc(Br)c1OCc1cccc(F)c1. The van der Waals surface area contributed by atoms with Crippen LogP contribution >= 0.6 is 15.9 Å². The fourth-order valence-electron chi connectivity index (χ4n) is 1.95. The summed E-state index contributed by atoms with van der Waals surface area (Å²) in [5.74, 6) is 0.555. The maximum Gasteiger partial charge on any atom is 0.138 e. The van der Waals surface area contributed by atoms with Crippen LogP contribution in [0.4, 0.5) is 4.39 Å². The van der Waals surface area contributed by atoms with Crippen molar-refractivity contribution in [2.75, 3.05) is 0 Å². The van der Waals surface area contributed by atoms with E-state index in [1.54, 1.807) is 6.07 Å². The van der Waals surface area contributed by atoms with E-state index in [9.17, 15) is 4.39 Å². The van der Waals surface area contributed by atoms with Gasteiger partial charge in [-0.3, -0.25) is 0 Å². The van der Waals surface area contributed by atoms with Crippen LogP contribution in [0, 0.1) is 5.82 Å². The summed E-state index contributed by atoms with van der Waals surface area (Å²) in [5.41, 5.74) is 1.89. The lowest BCUT2D eigenvalue weighted by molar-refractivity contribution is 0.299. The molecule has 2 aromatic carbocycles. The minimum atomic E-state index is -0.245. The molecule has 0 radical (unpaired) electrons. The number of benzene rings is 2. The summed E-state index contributed by atoms with van der Waals surface area (Å²) in [7, 11) is 0. The molecule has 4 heteroatoms. The van der Waals surface area contributed by atoms with E-state index in [0.29, 0.717) is 12.6 Å². The van der Waals surface area contributed by atoms with E-state index >= 15 is 0 Å². The Morgan fingerprint density at radius 1 is 1.19 bits per heavy atom. The van der Waals surface area contributed by atoms with Crippen LogP contribution in [-0.2, 0) is 13.2 Å². The van der Waals surface area contributed by atoms with Gasteiger partial charge in [-0.15, -0.1) is 0 Å². The maximum absolute atomic E-state index is 13.2. The van der Waals surface area contributed by atoms with Crippen LogP contribution < -0.4 is 10.1 Å². The molecule has 0 spiro atoms. The highest BCUT2D eigenvalue weighted by Gasteiger charge is 2.09. The molecule has 0 aliphatic rings. The van der Waals surface area contributed by atoms with Crippen LogP contribution in [0.3, 0.4) is 0 Å². The van der Waals surface area contributed by atoms with E-state index in [1.165, 1.54) is 12.1 Å².